The summed E-state index contributed by atoms with van der Waals surface area (Å²) in [6.45, 7) is 2.47. The van der Waals surface area contributed by atoms with Crippen molar-refractivity contribution >= 4 is 5.65 Å². The molecule has 2 heterocycles. The minimum Gasteiger partial charge on any atom is -0.487 e. The molecule has 0 aliphatic rings. The summed E-state index contributed by atoms with van der Waals surface area (Å²) in [6, 6.07) is 14.2. The van der Waals surface area contributed by atoms with E-state index < -0.39 is 0 Å². The van der Waals surface area contributed by atoms with Crippen molar-refractivity contribution in [2.45, 2.75) is 26.0 Å². The van der Waals surface area contributed by atoms with Gasteiger partial charge in [0.15, 0.2) is 0 Å². The molecule has 2 N–H and O–H groups in total. The van der Waals surface area contributed by atoms with Gasteiger partial charge in [0, 0.05) is 18.4 Å². The molecule has 108 valence electrons. The summed E-state index contributed by atoms with van der Waals surface area (Å²) >= 11 is 0. The van der Waals surface area contributed by atoms with Gasteiger partial charge >= 0.3 is 0 Å². The van der Waals surface area contributed by atoms with Crippen LogP contribution in [0.25, 0.3) is 5.65 Å². The van der Waals surface area contributed by atoms with E-state index in [1.54, 1.807) is 0 Å². The number of nitrogens with two attached hydrogens (primary N) is 1. The molecular formula is C17H19N3O. The van der Waals surface area contributed by atoms with E-state index in [0.717, 1.165) is 23.5 Å². The Morgan fingerprint density at radius 3 is 2.71 bits per heavy atom. The number of fused-ring (bicyclic) bond motifs is 1. The fraction of sp³-hybridized carbons (Fsp3) is 0.235. The number of benzene rings is 1. The summed E-state index contributed by atoms with van der Waals surface area (Å²) in [4.78, 5) is 4.51. The predicted octanol–water partition coefficient (Wildman–Crippen LogP) is 2.80. The molecule has 0 amide bonds. The number of nitrogens with zero attached hydrogens (tertiary/aromatic N) is 2. The van der Waals surface area contributed by atoms with Gasteiger partial charge in [-0.1, -0.05) is 18.2 Å². The van der Waals surface area contributed by atoms with Crippen LogP contribution in [-0.2, 0) is 13.0 Å². The van der Waals surface area contributed by atoms with Crippen molar-refractivity contribution in [3.05, 3.63) is 66.1 Å². The van der Waals surface area contributed by atoms with Crippen LogP contribution in [0, 0.1) is 0 Å². The molecule has 4 nitrogen and oxygen atoms in total. The van der Waals surface area contributed by atoms with E-state index in [1.807, 2.05) is 54.0 Å². The van der Waals surface area contributed by atoms with Gasteiger partial charge in [0.05, 0.1) is 5.69 Å². The predicted molar refractivity (Wildman–Crippen MR) is 83.3 cm³/mol. The zero-order valence-corrected chi connectivity index (χ0v) is 12.1. The minimum atomic E-state index is 0.176. The lowest BCUT2D eigenvalue weighted by Crippen LogP contribution is -2.17. The molecule has 0 saturated heterocycles. The topological polar surface area (TPSA) is 52.5 Å². The average Bonchev–Trinajstić information content (AvgIpc) is 2.89. The van der Waals surface area contributed by atoms with Gasteiger partial charge < -0.3 is 14.9 Å². The Labute approximate surface area is 124 Å². The van der Waals surface area contributed by atoms with E-state index in [0.29, 0.717) is 6.61 Å². The van der Waals surface area contributed by atoms with Crippen molar-refractivity contribution < 1.29 is 4.74 Å². The Hall–Kier alpha value is -2.33. The van der Waals surface area contributed by atoms with Crippen LogP contribution in [0.5, 0.6) is 5.75 Å². The molecule has 0 aliphatic carbocycles. The molecule has 0 saturated carbocycles. The fourth-order valence-corrected chi connectivity index (χ4v) is 2.31. The molecule has 0 aliphatic heterocycles. The van der Waals surface area contributed by atoms with Gasteiger partial charge in [0.1, 0.15) is 18.0 Å². The van der Waals surface area contributed by atoms with Crippen LogP contribution in [0.2, 0.25) is 0 Å². The third kappa shape index (κ3) is 3.41. The maximum atomic E-state index is 5.79. The van der Waals surface area contributed by atoms with Crippen LogP contribution in [0.3, 0.4) is 0 Å². The molecule has 0 spiro atoms. The Balaban J connectivity index is 1.64. The Morgan fingerprint density at radius 1 is 1.19 bits per heavy atom. The molecule has 1 atom stereocenters. The molecule has 0 fully saturated rings. The van der Waals surface area contributed by atoms with Crippen LogP contribution in [0.1, 0.15) is 18.2 Å². The third-order valence-electron chi connectivity index (χ3n) is 3.28. The molecule has 3 aromatic rings. The zero-order chi connectivity index (χ0) is 14.7. The van der Waals surface area contributed by atoms with E-state index in [2.05, 4.69) is 17.1 Å². The highest BCUT2D eigenvalue weighted by molar-refractivity contribution is 5.39. The van der Waals surface area contributed by atoms with Gasteiger partial charge in [-0.15, -0.1) is 0 Å². The lowest BCUT2D eigenvalue weighted by Gasteiger charge is -2.07. The van der Waals surface area contributed by atoms with Crippen molar-refractivity contribution in [2.24, 2.45) is 5.73 Å². The first kappa shape index (κ1) is 13.6. The van der Waals surface area contributed by atoms with Gasteiger partial charge in [-0.25, -0.2) is 4.98 Å². The second-order valence-electron chi connectivity index (χ2n) is 5.31. The van der Waals surface area contributed by atoms with Gasteiger partial charge in [0.2, 0.25) is 0 Å². The second kappa shape index (κ2) is 5.97. The maximum Gasteiger partial charge on any atom is 0.137 e. The van der Waals surface area contributed by atoms with Crippen molar-refractivity contribution in [3.8, 4) is 5.75 Å². The zero-order valence-electron chi connectivity index (χ0n) is 12.1. The maximum absolute atomic E-state index is 5.79. The molecule has 0 bridgehead atoms. The summed E-state index contributed by atoms with van der Waals surface area (Å²) in [6.07, 6.45) is 4.85. The number of pyridine rings is 1. The first-order valence-electron chi connectivity index (χ1n) is 7.10. The molecule has 1 unspecified atom stereocenters. The summed E-state index contributed by atoms with van der Waals surface area (Å²) in [7, 11) is 0. The van der Waals surface area contributed by atoms with Crippen LogP contribution >= 0.6 is 0 Å². The number of imidazole rings is 1. The minimum absolute atomic E-state index is 0.176. The first-order valence-corrected chi connectivity index (χ1v) is 7.10. The van der Waals surface area contributed by atoms with E-state index in [-0.39, 0.29) is 6.04 Å². The molecular weight excluding hydrogens is 262 g/mol. The highest BCUT2D eigenvalue weighted by Gasteiger charge is 2.03. The van der Waals surface area contributed by atoms with Crippen LogP contribution in [0.15, 0.2) is 54.9 Å². The lowest BCUT2D eigenvalue weighted by molar-refractivity contribution is 0.302. The number of hydrogen-bond acceptors (Lipinski definition) is 3. The van der Waals surface area contributed by atoms with Crippen LogP contribution in [-0.4, -0.2) is 15.4 Å². The molecule has 2 aromatic heterocycles. The Morgan fingerprint density at radius 2 is 2.00 bits per heavy atom. The summed E-state index contributed by atoms with van der Waals surface area (Å²) in [5, 5.41) is 0. The van der Waals surface area contributed by atoms with E-state index >= 15 is 0 Å². The normalized spacial score (nSPS) is 12.5. The number of aromatic nitrogens is 2. The van der Waals surface area contributed by atoms with Crippen molar-refractivity contribution in [2.75, 3.05) is 0 Å². The first-order chi connectivity index (χ1) is 10.2. The second-order valence-corrected chi connectivity index (χ2v) is 5.31. The largest absolute Gasteiger partial charge is 0.487 e. The highest BCUT2D eigenvalue weighted by Crippen LogP contribution is 2.15. The Kier molecular flexibility index (Phi) is 3.88. The van der Waals surface area contributed by atoms with Gasteiger partial charge in [0.25, 0.3) is 0 Å². The fourth-order valence-electron chi connectivity index (χ4n) is 2.31. The Bertz CT molecular complexity index is 683. The molecule has 4 heteroatoms. The van der Waals surface area contributed by atoms with Crippen LogP contribution < -0.4 is 10.5 Å². The standard InChI is InChI=1S/C17H19N3O/c1-13(18)10-14-5-7-16(8-6-14)21-12-15-11-20-9-3-2-4-17(20)19-15/h2-9,11,13H,10,12,18H2,1H3. The number of hydrogen-bond donors (Lipinski definition) is 1. The number of ether oxygens (including phenoxy) is 1. The smallest absolute Gasteiger partial charge is 0.137 e. The quantitative estimate of drug-likeness (QED) is 0.782. The highest BCUT2D eigenvalue weighted by atomic mass is 16.5. The van der Waals surface area contributed by atoms with Crippen LogP contribution in [0.4, 0.5) is 0 Å². The van der Waals surface area contributed by atoms with Crippen molar-refractivity contribution in [1.82, 2.24) is 9.38 Å². The lowest BCUT2D eigenvalue weighted by atomic mass is 10.1. The monoisotopic (exact) mass is 281 g/mol. The van der Waals surface area contributed by atoms with E-state index in [9.17, 15) is 0 Å². The van der Waals surface area contributed by atoms with Gasteiger partial charge in [-0.2, -0.15) is 0 Å². The molecule has 0 radical (unpaired) electrons. The average molecular weight is 281 g/mol. The van der Waals surface area contributed by atoms with Crippen molar-refractivity contribution in [1.29, 1.82) is 0 Å². The van der Waals surface area contributed by atoms with Gasteiger partial charge in [-0.3, -0.25) is 0 Å². The number of rotatable bonds is 5. The third-order valence-corrected chi connectivity index (χ3v) is 3.28. The van der Waals surface area contributed by atoms with Crippen molar-refractivity contribution in [3.63, 3.8) is 0 Å². The van der Waals surface area contributed by atoms with Gasteiger partial charge in [-0.05, 0) is 43.2 Å². The molecule has 3 rings (SSSR count). The molecule has 21 heavy (non-hydrogen) atoms. The molecule has 1 aromatic carbocycles. The summed E-state index contributed by atoms with van der Waals surface area (Å²) in [5.74, 6) is 0.848. The summed E-state index contributed by atoms with van der Waals surface area (Å²) in [5.41, 5.74) is 8.87. The van der Waals surface area contributed by atoms with E-state index in [1.165, 1.54) is 5.56 Å². The summed E-state index contributed by atoms with van der Waals surface area (Å²) < 4.78 is 7.76. The van der Waals surface area contributed by atoms with E-state index in [4.69, 9.17) is 10.5 Å². The SMILES string of the molecule is CC(N)Cc1ccc(OCc2cn3ccccc3n2)cc1.